The molecule has 3 atom stereocenters. The van der Waals surface area contributed by atoms with Crippen LogP contribution >= 0.6 is 11.3 Å². The molecule has 0 spiro atoms. The summed E-state index contributed by atoms with van der Waals surface area (Å²) in [6, 6.07) is 11.1. The van der Waals surface area contributed by atoms with Crippen LogP contribution < -0.4 is 4.74 Å². The van der Waals surface area contributed by atoms with Gasteiger partial charge in [0.15, 0.2) is 0 Å². The first-order valence-corrected chi connectivity index (χ1v) is 15.7. The van der Waals surface area contributed by atoms with E-state index < -0.39 is 5.60 Å². The van der Waals surface area contributed by atoms with Gasteiger partial charge in [0.2, 0.25) is 0 Å². The number of ether oxygens (including phenoxy) is 1. The zero-order chi connectivity index (χ0) is 30.6. The Morgan fingerprint density at radius 3 is 2.56 bits per heavy atom. The molecule has 0 bridgehead atoms. The van der Waals surface area contributed by atoms with Crippen molar-refractivity contribution in [2.24, 2.45) is 0 Å². The maximum absolute atomic E-state index is 14.2. The second-order valence-corrected chi connectivity index (χ2v) is 13.8. The van der Waals surface area contributed by atoms with Gasteiger partial charge in [-0.2, -0.15) is 0 Å². The molecule has 6 rings (SSSR count). The van der Waals surface area contributed by atoms with E-state index in [0.29, 0.717) is 36.7 Å². The van der Waals surface area contributed by atoms with Gasteiger partial charge in [0, 0.05) is 49.3 Å². The Morgan fingerprint density at radius 2 is 1.84 bits per heavy atom. The van der Waals surface area contributed by atoms with Gasteiger partial charge in [0.05, 0.1) is 23.6 Å². The highest BCUT2D eigenvalue weighted by atomic mass is 32.1. The van der Waals surface area contributed by atoms with Gasteiger partial charge in [0.1, 0.15) is 27.1 Å². The monoisotopic (exact) mass is 602 g/mol. The molecule has 0 saturated carbocycles. The number of nitrogens with zero attached hydrogens (tertiary/aromatic N) is 6. The van der Waals surface area contributed by atoms with Crippen molar-refractivity contribution in [2.45, 2.75) is 85.2 Å². The van der Waals surface area contributed by atoms with E-state index in [1.54, 1.807) is 6.07 Å². The summed E-state index contributed by atoms with van der Waals surface area (Å²) in [4.78, 5) is 23.6. The smallest absolute Gasteiger partial charge is 0.265 e. The van der Waals surface area contributed by atoms with E-state index in [1.165, 1.54) is 29.0 Å². The lowest BCUT2D eigenvalue weighted by Gasteiger charge is -2.44. The van der Waals surface area contributed by atoms with E-state index in [-0.39, 0.29) is 29.8 Å². The fourth-order valence-electron chi connectivity index (χ4n) is 6.49. The zero-order valence-electron chi connectivity index (χ0n) is 25.9. The summed E-state index contributed by atoms with van der Waals surface area (Å²) in [6.45, 7) is 16.3. The predicted molar refractivity (Wildman–Crippen MR) is 166 cm³/mol. The number of amides is 1. The standard InChI is InChI=1S/C33H39FN6O2S/c1-19-8-10-26(20(2)12-19)31-35-23(5)30(43-31)32(41)38-15-21(3)39(22(4)16-38)17-25-18-40(37-36-25)28-14-33(6,7)42-29-11-9-24(34)13-27(28)29/h8-13,18,21-22,28H,14-17H2,1-7H3/t21-,22+,28-/m0/s1. The van der Waals surface area contributed by atoms with Crippen molar-refractivity contribution in [3.63, 3.8) is 0 Å². The number of rotatable bonds is 5. The molecule has 2 aliphatic rings. The predicted octanol–water partition coefficient (Wildman–Crippen LogP) is 6.35. The van der Waals surface area contributed by atoms with E-state index in [9.17, 15) is 9.18 Å². The van der Waals surface area contributed by atoms with E-state index in [1.807, 2.05) is 36.5 Å². The van der Waals surface area contributed by atoms with E-state index in [4.69, 9.17) is 9.72 Å². The largest absolute Gasteiger partial charge is 0.487 e. The molecule has 8 nitrogen and oxygen atoms in total. The molecule has 0 radical (unpaired) electrons. The average Bonchev–Trinajstić information content (AvgIpc) is 3.56. The van der Waals surface area contributed by atoms with Crippen molar-refractivity contribution in [1.29, 1.82) is 0 Å². The minimum Gasteiger partial charge on any atom is -0.487 e. The number of hydrogen-bond acceptors (Lipinski definition) is 7. The van der Waals surface area contributed by atoms with Gasteiger partial charge in [0.25, 0.3) is 5.91 Å². The molecular formula is C33H39FN6O2S. The summed E-state index contributed by atoms with van der Waals surface area (Å²) >= 11 is 1.48. The van der Waals surface area contributed by atoms with Crippen molar-refractivity contribution >= 4 is 17.2 Å². The van der Waals surface area contributed by atoms with Gasteiger partial charge in [-0.05, 0) is 72.2 Å². The third-order valence-electron chi connectivity index (χ3n) is 8.62. The Morgan fingerprint density at radius 1 is 1.09 bits per heavy atom. The van der Waals surface area contributed by atoms with E-state index >= 15 is 0 Å². The first kappa shape index (κ1) is 29.4. The number of aromatic nitrogens is 4. The summed E-state index contributed by atoms with van der Waals surface area (Å²) in [7, 11) is 0. The van der Waals surface area contributed by atoms with Gasteiger partial charge in [-0.15, -0.1) is 16.4 Å². The van der Waals surface area contributed by atoms with Crippen LogP contribution in [0.2, 0.25) is 0 Å². The Hall–Kier alpha value is -3.63. The normalized spacial score (nSPS) is 21.9. The Balaban J connectivity index is 1.15. The Bertz CT molecular complexity index is 1670. The molecule has 2 aromatic heterocycles. The van der Waals surface area contributed by atoms with Crippen LogP contribution in [0.3, 0.4) is 0 Å². The molecule has 2 aromatic carbocycles. The second-order valence-electron chi connectivity index (χ2n) is 12.8. The number of carbonyl (C=O) groups excluding carboxylic acids is 1. The molecule has 0 N–H and O–H groups in total. The molecule has 4 heterocycles. The van der Waals surface area contributed by atoms with Crippen LogP contribution in [-0.2, 0) is 6.54 Å². The maximum atomic E-state index is 14.2. The summed E-state index contributed by atoms with van der Waals surface area (Å²) in [5.41, 5.74) is 5.45. The number of piperazine rings is 1. The number of halogens is 1. The number of aryl methyl sites for hydroxylation is 3. The number of fused-ring (bicyclic) bond motifs is 1. The highest BCUT2D eigenvalue weighted by molar-refractivity contribution is 7.17. The average molecular weight is 603 g/mol. The van der Waals surface area contributed by atoms with E-state index in [2.05, 4.69) is 61.1 Å². The maximum Gasteiger partial charge on any atom is 0.265 e. The van der Waals surface area contributed by atoms with Crippen LogP contribution in [-0.4, -0.2) is 66.5 Å². The molecule has 4 aromatic rings. The van der Waals surface area contributed by atoms with Crippen LogP contribution in [0.4, 0.5) is 4.39 Å². The summed E-state index contributed by atoms with van der Waals surface area (Å²) < 4.78 is 22.1. The van der Waals surface area contributed by atoms with Crippen LogP contribution in [0.5, 0.6) is 5.75 Å². The molecule has 0 aliphatic carbocycles. The molecule has 0 unspecified atom stereocenters. The van der Waals surface area contributed by atoms with Gasteiger partial charge in [-0.1, -0.05) is 29.0 Å². The minimum absolute atomic E-state index is 0.0448. The fourth-order valence-corrected chi connectivity index (χ4v) is 7.61. The van der Waals surface area contributed by atoms with Crippen molar-refractivity contribution in [1.82, 2.24) is 29.8 Å². The fraction of sp³-hybridized carbons (Fsp3) is 0.455. The van der Waals surface area contributed by atoms with Crippen molar-refractivity contribution in [3.8, 4) is 16.3 Å². The number of hydrogen-bond donors (Lipinski definition) is 0. The highest BCUT2D eigenvalue weighted by Gasteiger charge is 2.37. The summed E-state index contributed by atoms with van der Waals surface area (Å²) in [5, 5.41) is 9.86. The van der Waals surface area contributed by atoms with Gasteiger partial charge < -0.3 is 9.64 Å². The number of benzene rings is 2. The molecule has 226 valence electrons. The lowest BCUT2D eigenvalue weighted by atomic mass is 9.90. The summed E-state index contributed by atoms with van der Waals surface area (Å²) in [6.07, 6.45) is 2.62. The first-order chi connectivity index (χ1) is 20.4. The molecular weight excluding hydrogens is 563 g/mol. The molecule has 2 aliphatic heterocycles. The zero-order valence-corrected chi connectivity index (χ0v) is 26.7. The SMILES string of the molecule is Cc1ccc(-c2nc(C)c(C(=O)N3C[C@@H](C)N(Cc4cn([C@H]5CC(C)(C)Oc6ccc(F)cc65)nn4)[C@@H](C)C3)s2)c(C)c1. The topological polar surface area (TPSA) is 76.4 Å². The molecule has 43 heavy (non-hydrogen) atoms. The highest BCUT2D eigenvalue weighted by Crippen LogP contribution is 2.41. The molecule has 1 fully saturated rings. The van der Waals surface area contributed by atoms with Gasteiger partial charge in [-0.25, -0.2) is 14.1 Å². The van der Waals surface area contributed by atoms with Crippen LogP contribution in [0, 0.1) is 26.6 Å². The van der Waals surface area contributed by atoms with Crippen LogP contribution in [0.25, 0.3) is 10.6 Å². The lowest BCUT2D eigenvalue weighted by molar-refractivity contribution is 0.0266. The third-order valence-corrected chi connectivity index (χ3v) is 9.79. The van der Waals surface area contributed by atoms with Crippen LogP contribution in [0.1, 0.15) is 77.9 Å². The molecule has 1 amide bonds. The molecule has 10 heteroatoms. The first-order valence-electron chi connectivity index (χ1n) is 14.9. The van der Waals surface area contributed by atoms with Crippen molar-refractivity contribution < 1.29 is 13.9 Å². The van der Waals surface area contributed by atoms with Gasteiger partial charge in [-0.3, -0.25) is 9.69 Å². The Kier molecular flexibility index (Phi) is 7.62. The second kappa shape index (κ2) is 11.1. The molecule has 1 saturated heterocycles. The van der Waals surface area contributed by atoms with Gasteiger partial charge >= 0.3 is 0 Å². The quantitative estimate of drug-likeness (QED) is 0.265. The van der Waals surface area contributed by atoms with Crippen LogP contribution in [0.15, 0.2) is 42.6 Å². The van der Waals surface area contributed by atoms with Crippen molar-refractivity contribution in [2.75, 3.05) is 13.1 Å². The third kappa shape index (κ3) is 5.82. The van der Waals surface area contributed by atoms with E-state index in [0.717, 1.165) is 33.1 Å². The number of carbonyl (C=O) groups is 1. The lowest BCUT2D eigenvalue weighted by Crippen LogP contribution is -2.57. The number of thiazole rings is 1. The minimum atomic E-state index is -0.413. The van der Waals surface area contributed by atoms with Crippen molar-refractivity contribution in [3.05, 3.63) is 81.4 Å². The Labute approximate surface area is 256 Å². The summed E-state index contributed by atoms with van der Waals surface area (Å²) in [5.74, 6) is 0.431.